The van der Waals surface area contributed by atoms with Crippen molar-refractivity contribution in [2.75, 3.05) is 11.9 Å². The molecule has 0 radical (unpaired) electrons. The first-order chi connectivity index (χ1) is 12.0. The highest BCUT2D eigenvalue weighted by Crippen LogP contribution is 2.34. The van der Waals surface area contributed by atoms with Crippen LogP contribution in [-0.4, -0.2) is 23.3 Å². The molecule has 2 rings (SSSR count). The fourth-order valence-electron chi connectivity index (χ4n) is 3.41. The maximum absolute atomic E-state index is 11.4. The molecule has 6 nitrogen and oxygen atoms in total. The summed E-state index contributed by atoms with van der Waals surface area (Å²) in [4.78, 5) is 19.6. The van der Waals surface area contributed by atoms with Crippen LogP contribution in [0.5, 0.6) is 0 Å². The number of Topliss-reactive ketones (excluding diaryl/α,β-unsaturated/α-hetero) is 1. The maximum Gasteiger partial charge on any atom is 0.211 e. The highest BCUT2D eigenvalue weighted by atomic mass is 16.1. The summed E-state index contributed by atoms with van der Waals surface area (Å²) < 4.78 is 0. The predicted molar refractivity (Wildman–Crippen MR) is 99.1 cm³/mol. The third-order valence-corrected chi connectivity index (χ3v) is 4.84. The van der Waals surface area contributed by atoms with Crippen LogP contribution in [0.3, 0.4) is 0 Å². The van der Waals surface area contributed by atoms with Crippen LogP contribution in [0, 0.1) is 37.1 Å². The van der Waals surface area contributed by atoms with E-state index in [-0.39, 0.29) is 5.92 Å². The second-order valence-electron chi connectivity index (χ2n) is 6.83. The van der Waals surface area contributed by atoms with Gasteiger partial charge in [0.15, 0.2) is 0 Å². The summed E-state index contributed by atoms with van der Waals surface area (Å²) in [5.41, 5.74) is 2.66. The fourth-order valence-corrected chi connectivity index (χ4v) is 3.41. The van der Waals surface area contributed by atoms with Gasteiger partial charge in [-0.25, -0.2) is 0 Å². The molecule has 2 unspecified atom stereocenters. The van der Waals surface area contributed by atoms with Gasteiger partial charge in [0, 0.05) is 18.2 Å². The third kappa shape index (κ3) is 5.86. The molecular formula is C19H27N5O. The van der Waals surface area contributed by atoms with Crippen molar-refractivity contribution in [3.05, 3.63) is 23.5 Å². The highest BCUT2D eigenvalue weighted by molar-refractivity contribution is 5.94. The molecule has 1 aromatic heterocycles. The summed E-state index contributed by atoms with van der Waals surface area (Å²) in [5.74, 6) is 1.69. The van der Waals surface area contributed by atoms with Gasteiger partial charge in [-0.3, -0.25) is 9.78 Å². The minimum absolute atomic E-state index is 0.271. The van der Waals surface area contributed by atoms with Crippen LogP contribution in [0.1, 0.15) is 50.4 Å². The molecule has 0 saturated heterocycles. The van der Waals surface area contributed by atoms with Gasteiger partial charge in [0.25, 0.3) is 0 Å². The molecule has 2 N–H and O–H groups in total. The van der Waals surface area contributed by atoms with Gasteiger partial charge in [-0.05, 0) is 70.9 Å². The minimum Gasteiger partial charge on any atom is -0.355 e. The van der Waals surface area contributed by atoms with Crippen LogP contribution in [0.4, 0.5) is 5.69 Å². The lowest BCUT2D eigenvalue weighted by Crippen LogP contribution is -2.32. The minimum atomic E-state index is 0.271. The van der Waals surface area contributed by atoms with Crippen LogP contribution >= 0.6 is 0 Å². The number of nitriles is 1. The van der Waals surface area contributed by atoms with E-state index in [2.05, 4.69) is 20.6 Å². The molecule has 25 heavy (non-hydrogen) atoms. The summed E-state index contributed by atoms with van der Waals surface area (Å²) >= 11 is 0. The van der Waals surface area contributed by atoms with Crippen molar-refractivity contribution in [3.63, 3.8) is 0 Å². The summed E-state index contributed by atoms with van der Waals surface area (Å²) in [5, 5.41) is 15.2. The van der Waals surface area contributed by atoms with Gasteiger partial charge in [-0.1, -0.05) is 0 Å². The first kappa shape index (κ1) is 18.9. The van der Waals surface area contributed by atoms with E-state index in [1.807, 2.05) is 32.2 Å². The summed E-state index contributed by atoms with van der Waals surface area (Å²) in [7, 11) is 0. The van der Waals surface area contributed by atoms with Crippen LogP contribution in [0.25, 0.3) is 0 Å². The Bertz CT molecular complexity index is 677. The number of nitrogens with zero attached hydrogens (tertiary/aromatic N) is 3. The Kier molecular flexibility index (Phi) is 6.93. The lowest BCUT2D eigenvalue weighted by molar-refractivity contribution is -0.120. The number of aryl methyl sites for hydroxylation is 2. The zero-order chi connectivity index (χ0) is 18.2. The van der Waals surface area contributed by atoms with Gasteiger partial charge in [-0.2, -0.15) is 5.26 Å². The number of carbonyl (C=O) groups is 1. The molecule has 1 aliphatic rings. The Morgan fingerprint density at radius 2 is 2.20 bits per heavy atom. The van der Waals surface area contributed by atoms with Crippen LogP contribution in [0.15, 0.2) is 17.1 Å². The maximum atomic E-state index is 11.4. The highest BCUT2D eigenvalue weighted by Gasteiger charge is 2.26. The number of pyridine rings is 1. The molecule has 0 spiro atoms. The van der Waals surface area contributed by atoms with Gasteiger partial charge >= 0.3 is 0 Å². The van der Waals surface area contributed by atoms with E-state index in [1.54, 1.807) is 6.92 Å². The van der Waals surface area contributed by atoms with Gasteiger partial charge in [-0.15, -0.1) is 4.99 Å². The molecule has 1 heterocycles. The van der Waals surface area contributed by atoms with E-state index in [0.717, 1.165) is 55.7 Å². The van der Waals surface area contributed by atoms with Crippen LogP contribution in [0.2, 0.25) is 0 Å². The number of hydrogen-bond acceptors (Lipinski definition) is 4. The number of ketones is 1. The van der Waals surface area contributed by atoms with Gasteiger partial charge in [0.1, 0.15) is 5.78 Å². The smallest absolute Gasteiger partial charge is 0.211 e. The molecule has 1 aromatic rings. The molecule has 0 aliphatic heterocycles. The Hall–Kier alpha value is -2.42. The topological polar surface area (TPSA) is 90.2 Å². The van der Waals surface area contributed by atoms with Crippen LogP contribution in [-0.2, 0) is 4.79 Å². The molecule has 6 heteroatoms. The third-order valence-electron chi connectivity index (χ3n) is 4.84. The normalized spacial score (nSPS) is 20.2. The van der Waals surface area contributed by atoms with Gasteiger partial charge in [0.05, 0.1) is 11.4 Å². The molecular weight excluding hydrogens is 314 g/mol. The Labute approximate surface area is 149 Å². The lowest BCUT2D eigenvalue weighted by atomic mass is 9.98. The average molecular weight is 341 g/mol. The standard InChI is InChI=1S/C19H27N5O/c1-13-6-9-18(14(2)23-13)24-19(22-12-20)21-10-4-5-16-7-8-17(11-16)15(3)25/h6,9,16-17H,4-5,7-8,10-11H2,1-3H3,(H2,21,22,24). The molecule has 1 aliphatic carbocycles. The monoisotopic (exact) mass is 341 g/mol. The van der Waals surface area contributed by atoms with Gasteiger partial charge in [0.2, 0.25) is 12.2 Å². The zero-order valence-corrected chi connectivity index (χ0v) is 15.3. The molecule has 1 saturated carbocycles. The number of anilines is 1. The second-order valence-corrected chi connectivity index (χ2v) is 6.83. The largest absolute Gasteiger partial charge is 0.355 e. The molecule has 2 atom stereocenters. The first-order valence-corrected chi connectivity index (χ1v) is 8.92. The molecule has 0 aromatic carbocycles. The predicted octanol–water partition coefficient (Wildman–Crippen LogP) is 3.32. The van der Waals surface area contributed by atoms with Crippen LogP contribution < -0.4 is 10.6 Å². The van der Waals surface area contributed by atoms with E-state index in [9.17, 15) is 4.79 Å². The molecule has 0 amide bonds. The van der Waals surface area contributed by atoms with Crippen molar-refractivity contribution in [2.45, 2.75) is 52.9 Å². The summed E-state index contributed by atoms with van der Waals surface area (Å²) in [6.07, 6.45) is 7.13. The van der Waals surface area contributed by atoms with Crippen molar-refractivity contribution in [2.24, 2.45) is 16.8 Å². The SMILES string of the molecule is CC(=O)C1CCC(CCCN/C(=N/C#N)Nc2ccc(C)nc2C)C1. The fraction of sp³-hybridized carbons (Fsp3) is 0.579. The van der Waals surface area contributed by atoms with E-state index in [4.69, 9.17) is 5.26 Å². The lowest BCUT2D eigenvalue weighted by Gasteiger charge is -2.14. The number of guanidine groups is 1. The van der Waals surface area contributed by atoms with E-state index >= 15 is 0 Å². The average Bonchev–Trinajstić information content (AvgIpc) is 3.03. The summed E-state index contributed by atoms with van der Waals surface area (Å²) in [6, 6.07) is 3.86. The molecule has 0 bridgehead atoms. The van der Waals surface area contributed by atoms with Crippen molar-refractivity contribution in [1.82, 2.24) is 10.3 Å². The van der Waals surface area contributed by atoms with Crippen molar-refractivity contribution in [1.29, 1.82) is 5.26 Å². The number of carbonyl (C=O) groups excluding carboxylic acids is 1. The van der Waals surface area contributed by atoms with E-state index in [0.29, 0.717) is 17.7 Å². The number of aromatic nitrogens is 1. The van der Waals surface area contributed by atoms with Crippen molar-refractivity contribution in [3.8, 4) is 6.19 Å². The zero-order valence-electron chi connectivity index (χ0n) is 15.3. The number of hydrogen-bond donors (Lipinski definition) is 2. The molecule has 134 valence electrons. The van der Waals surface area contributed by atoms with E-state index in [1.165, 1.54) is 0 Å². The Morgan fingerprint density at radius 3 is 2.84 bits per heavy atom. The van der Waals surface area contributed by atoms with E-state index < -0.39 is 0 Å². The Morgan fingerprint density at radius 1 is 1.40 bits per heavy atom. The quantitative estimate of drug-likeness (QED) is 0.358. The summed E-state index contributed by atoms with van der Waals surface area (Å²) in [6.45, 7) is 6.31. The van der Waals surface area contributed by atoms with Gasteiger partial charge < -0.3 is 10.6 Å². The Balaban J connectivity index is 1.78. The van der Waals surface area contributed by atoms with Crippen molar-refractivity contribution >= 4 is 17.4 Å². The number of aliphatic imine (C=N–C) groups is 1. The van der Waals surface area contributed by atoms with Crippen molar-refractivity contribution < 1.29 is 4.79 Å². The second kappa shape index (κ2) is 9.16. The number of rotatable bonds is 6. The molecule has 1 fully saturated rings. The number of nitrogens with one attached hydrogen (secondary N) is 2. The first-order valence-electron chi connectivity index (χ1n) is 8.92.